The topological polar surface area (TPSA) is 136 Å². The molecule has 9 heteroatoms. The summed E-state index contributed by atoms with van der Waals surface area (Å²) < 4.78 is 1.91. The fraction of sp³-hybridized carbons (Fsp3) is 0.130. The number of rotatable bonds is 4. The number of benzene rings is 2. The second-order valence-corrected chi connectivity index (χ2v) is 7.73. The maximum absolute atomic E-state index is 13.7. The molecule has 0 fully saturated rings. The molecular formula is C23H20ClN7O. The van der Waals surface area contributed by atoms with Gasteiger partial charge < -0.3 is 21.4 Å². The highest BCUT2D eigenvalue weighted by Crippen LogP contribution is 2.33. The molecule has 1 atom stereocenters. The Bertz CT molecular complexity index is 1440. The molecule has 4 rings (SSSR count). The minimum absolute atomic E-state index is 0.0313. The Morgan fingerprint density at radius 2 is 1.84 bits per heavy atom. The molecular weight excluding hydrogens is 426 g/mol. The first kappa shape index (κ1) is 21.2. The van der Waals surface area contributed by atoms with Gasteiger partial charge in [0.2, 0.25) is 5.95 Å². The number of nitrogens with two attached hydrogens (primary N) is 2. The molecule has 0 amide bonds. The quantitative estimate of drug-likeness (QED) is 0.433. The van der Waals surface area contributed by atoms with E-state index in [1.165, 1.54) is 0 Å². The molecule has 0 aliphatic heterocycles. The predicted octanol–water partition coefficient (Wildman–Crippen LogP) is 3.86. The standard InChI is InChI=1S/C23H20ClN7O/c1-12(28-22-15(11-25)21(26)29-23(27)30-22)17-18(13-7-4-3-5-8-13)31(2)19-14(20(17)32)9-6-10-16(19)24/h3-10,12H,1-2H3,(H5,26,27,28,29,30). The molecule has 4 aromatic rings. The third kappa shape index (κ3) is 3.49. The van der Waals surface area contributed by atoms with E-state index in [2.05, 4.69) is 15.3 Å². The van der Waals surface area contributed by atoms with Crippen LogP contribution >= 0.6 is 11.6 Å². The Morgan fingerprint density at radius 1 is 1.12 bits per heavy atom. The first-order chi connectivity index (χ1) is 15.3. The van der Waals surface area contributed by atoms with Crippen molar-refractivity contribution in [1.29, 1.82) is 5.26 Å². The number of para-hydroxylation sites is 1. The molecule has 0 saturated carbocycles. The van der Waals surface area contributed by atoms with Crippen LogP contribution in [-0.2, 0) is 7.05 Å². The molecule has 0 aliphatic carbocycles. The summed E-state index contributed by atoms with van der Waals surface area (Å²) in [7, 11) is 1.87. The van der Waals surface area contributed by atoms with Crippen molar-refractivity contribution < 1.29 is 0 Å². The normalized spacial score (nSPS) is 11.8. The molecule has 2 aromatic carbocycles. The van der Waals surface area contributed by atoms with E-state index in [1.54, 1.807) is 18.2 Å². The first-order valence-electron chi connectivity index (χ1n) is 9.79. The number of aryl methyl sites for hydroxylation is 1. The summed E-state index contributed by atoms with van der Waals surface area (Å²) in [5, 5.41) is 13.6. The van der Waals surface area contributed by atoms with E-state index in [4.69, 9.17) is 23.1 Å². The SMILES string of the molecule is CC(Nc1nc(N)nc(N)c1C#N)c1c(-c2ccccc2)n(C)c2c(Cl)cccc2c1=O. The van der Waals surface area contributed by atoms with Crippen molar-refractivity contribution in [1.82, 2.24) is 14.5 Å². The highest BCUT2D eigenvalue weighted by Gasteiger charge is 2.24. The number of hydrogen-bond acceptors (Lipinski definition) is 7. The summed E-state index contributed by atoms with van der Waals surface area (Å²) in [6.07, 6.45) is 0. The van der Waals surface area contributed by atoms with Gasteiger partial charge in [-0.25, -0.2) is 0 Å². The lowest BCUT2D eigenvalue weighted by Crippen LogP contribution is -2.24. The average molecular weight is 446 g/mol. The lowest BCUT2D eigenvalue weighted by Gasteiger charge is -2.23. The van der Waals surface area contributed by atoms with Crippen molar-refractivity contribution in [2.75, 3.05) is 16.8 Å². The van der Waals surface area contributed by atoms with Crippen LogP contribution in [-0.4, -0.2) is 14.5 Å². The second kappa shape index (κ2) is 8.21. The van der Waals surface area contributed by atoms with Crippen LogP contribution in [0.3, 0.4) is 0 Å². The largest absolute Gasteiger partial charge is 0.382 e. The third-order valence-corrected chi connectivity index (χ3v) is 5.61. The van der Waals surface area contributed by atoms with Gasteiger partial charge in [-0.1, -0.05) is 48.0 Å². The Hall–Kier alpha value is -4.09. The summed E-state index contributed by atoms with van der Waals surface area (Å²) in [4.78, 5) is 21.6. The first-order valence-corrected chi connectivity index (χ1v) is 10.2. The van der Waals surface area contributed by atoms with Crippen LogP contribution in [0.5, 0.6) is 0 Å². The van der Waals surface area contributed by atoms with E-state index >= 15 is 0 Å². The number of aromatic nitrogens is 3. The van der Waals surface area contributed by atoms with Crippen LogP contribution in [0, 0.1) is 11.3 Å². The number of anilines is 3. The summed E-state index contributed by atoms with van der Waals surface area (Å²) in [6, 6.07) is 16.2. The zero-order valence-corrected chi connectivity index (χ0v) is 18.2. The van der Waals surface area contributed by atoms with Crippen LogP contribution in [0.25, 0.3) is 22.2 Å². The molecule has 2 heterocycles. The Morgan fingerprint density at radius 3 is 2.53 bits per heavy atom. The number of nitrogens with one attached hydrogen (secondary N) is 1. The molecule has 32 heavy (non-hydrogen) atoms. The molecule has 8 nitrogen and oxygen atoms in total. The summed E-state index contributed by atoms with van der Waals surface area (Å²) in [6.45, 7) is 1.81. The molecule has 1 unspecified atom stereocenters. The van der Waals surface area contributed by atoms with Crippen LogP contribution in [0.15, 0.2) is 53.3 Å². The van der Waals surface area contributed by atoms with Crippen LogP contribution < -0.4 is 22.2 Å². The lowest BCUT2D eigenvalue weighted by atomic mass is 9.97. The number of nitrogens with zero attached hydrogens (tertiary/aromatic N) is 4. The molecule has 5 N–H and O–H groups in total. The van der Waals surface area contributed by atoms with Gasteiger partial charge in [0.15, 0.2) is 11.2 Å². The number of nitrogen functional groups attached to an aromatic ring is 2. The number of halogens is 1. The molecule has 0 spiro atoms. The summed E-state index contributed by atoms with van der Waals surface area (Å²) in [5.41, 5.74) is 14.1. The third-order valence-electron chi connectivity index (χ3n) is 5.30. The van der Waals surface area contributed by atoms with Crippen molar-refractivity contribution >= 4 is 40.1 Å². The Labute approximate surface area is 189 Å². The number of pyridine rings is 1. The van der Waals surface area contributed by atoms with Crippen molar-refractivity contribution in [2.45, 2.75) is 13.0 Å². The maximum Gasteiger partial charge on any atom is 0.224 e. The van der Waals surface area contributed by atoms with Crippen molar-refractivity contribution in [3.8, 4) is 17.3 Å². The van der Waals surface area contributed by atoms with Crippen molar-refractivity contribution in [2.24, 2.45) is 7.05 Å². The highest BCUT2D eigenvalue weighted by molar-refractivity contribution is 6.35. The zero-order valence-electron chi connectivity index (χ0n) is 17.4. The van der Waals surface area contributed by atoms with E-state index in [1.807, 2.05) is 54.9 Å². The summed E-state index contributed by atoms with van der Waals surface area (Å²) >= 11 is 6.47. The molecule has 160 valence electrons. The Balaban J connectivity index is 2.00. The van der Waals surface area contributed by atoms with Gasteiger partial charge in [-0.15, -0.1) is 0 Å². The maximum atomic E-state index is 13.7. The minimum Gasteiger partial charge on any atom is -0.382 e. The molecule has 2 aromatic heterocycles. The van der Waals surface area contributed by atoms with Gasteiger partial charge in [-0.05, 0) is 24.6 Å². The molecule has 0 saturated heterocycles. The van der Waals surface area contributed by atoms with E-state index in [0.29, 0.717) is 27.2 Å². The predicted molar refractivity (Wildman–Crippen MR) is 127 cm³/mol. The number of nitriles is 1. The Kier molecular flexibility index (Phi) is 5.43. The summed E-state index contributed by atoms with van der Waals surface area (Å²) in [5.74, 6) is 0.0612. The number of fused-ring (bicyclic) bond motifs is 1. The van der Waals surface area contributed by atoms with E-state index in [9.17, 15) is 10.1 Å². The van der Waals surface area contributed by atoms with Crippen LogP contribution in [0.1, 0.15) is 24.1 Å². The molecule has 0 aliphatic rings. The van der Waals surface area contributed by atoms with E-state index in [-0.39, 0.29) is 28.6 Å². The van der Waals surface area contributed by atoms with Gasteiger partial charge in [-0.3, -0.25) is 4.79 Å². The second-order valence-electron chi connectivity index (χ2n) is 7.32. The van der Waals surface area contributed by atoms with E-state index < -0.39 is 6.04 Å². The smallest absolute Gasteiger partial charge is 0.224 e. The van der Waals surface area contributed by atoms with Gasteiger partial charge >= 0.3 is 0 Å². The average Bonchev–Trinajstić information content (AvgIpc) is 2.76. The fourth-order valence-corrected chi connectivity index (χ4v) is 4.22. The van der Waals surface area contributed by atoms with Gasteiger partial charge in [0, 0.05) is 18.0 Å². The van der Waals surface area contributed by atoms with Crippen LogP contribution in [0.2, 0.25) is 5.02 Å². The molecule has 0 radical (unpaired) electrons. The van der Waals surface area contributed by atoms with Crippen molar-refractivity contribution in [3.63, 3.8) is 0 Å². The lowest BCUT2D eigenvalue weighted by molar-refractivity contribution is 0.836. The zero-order chi connectivity index (χ0) is 23.0. The monoisotopic (exact) mass is 445 g/mol. The van der Waals surface area contributed by atoms with Crippen LogP contribution in [0.4, 0.5) is 17.6 Å². The fourth-order valence-electron chi connectivity index (χ4n) is 3.92. The van der Waals surface area contributed by atoms with Gasteiger partial charge in [0.1, 0.15) is 17.5 Å². The minimum atomic E-state index is -0.548. The van der Waals surface area contributed by atoms with Gasteiger partial charge in [0.05, 0.1) is 22.3 Å². The van der Waals surface area contributed by atoms with Gasteiger partial charge in [-0.2, -0.15) is 15.2 Å². The molecule has 0 bridgehead atoms. The van der Waals surface area contributed by atoms with Crippen molar-refractivity contribution in [3.05, 3.63) is 74.9 Å². The highest BCUT2D eigenvalue weighted by atomic mass is 35.5. The van der Waals surface area contributed by atoms with E-state index in [0.717, 1.165) is 5.56 Å². The number of hydrogen-bond donors (Lipinski definition) is 3. The van der Waals surface area contributed by atoms with Gasteiger partial charge in [0.25, 0.3) is 0 Å².